The number of amides is 1. The van der Waals surface area contributed by atoms with Gasteiger partial charge in [-0.1, -0.05) is 50.2 Å². The fourth-order valence-electron chi connectivity index (χ4n) is 2.90. The van der Waals surface area contributed by atoms with Crippen LogP contribution in [-0.2, 0) is 14.8 Å². The summed E-state index contributed by atoms with van der Waals surface area (Å²) in [6.07, 6.45) is 0. The van der Waals surface area contributed by atoms with Crippen LogP contribution in [0, 0.1) is 0 Å². The van der Waals surface area contributed by atoms with Crippen LogP contribution in [0.5, 0.6) is 0 Å². The van der Waals surface area contributed by atoms with Crippen molar-refractivity contribution in [3.05, 3.63) is 60.2 Å². The number of nitrogens with two attached hydrogens (primary N) is 1. The number of rotatable bonds is 9. The Bertz CT molecular complexity index is 1110. The molecule has 0 saturated carbocycles. The minimum Gasteiger partial charge on any atom is -0.411 e. The minimum atomic E-state index is -3.61. The average molecular weight is 447 g/mol. The molecule has 0 aliphatic carbocycles. The summed E-state index contributed by atoms with van der Waals surface area (Å²) >= 11 is 1.05. The first-order valence-electron chi connectivity index (χ1n) is 9.31. The number of aromatic nitrogens is 2. The van der Waals surface area contributed by atoms with Crippen LogP contribution in [0.4, 0.5) is 0 Å². The normalized spacial score (nSPS) is 12.8. The molecule has 1 unspecified atom stereocenters. The van der Waals surface area contributed by atoms with Crippen LogP contribution in [0.1, 0.15) is 24.7 Å². The zero-order valence-electron chi connectivity index (χ0n) is 16.6. The highest BCUT2D eigenvalue weighted by atomic mass is 32.2. The fourth-order valence-corrected chi connectivity index (χ4v) is 5.23. The number of carbonyl (C=O) groups excluding carboxylic acids is 1. The van der Waals surface area contributed by atoms with E-state index in [0.717, 1.165) is 17.3 Å². The maximum atomic E-state index is 12.8. The first-order chi connectivity index (χ1) is 14.4. The standard InChI is InChI=1S/C20H22N4O4S2/c1-3-24(4-2)30(26,27)16-12-8-11-15(13-16)19-22-23-20(28-19)29-17(18(21)25)14-9-6-5-7-10-14/h5-13,17H,3-4H2,1-2H3,(H2,21,25). The lowest BCUT2D eigenvalue weighted by Gasteiger charge is -2.18. The molecule has 0 radical (unpaired) electrons. The zero-order valence-corrected chi connectivity index (χ0v) is 18.2. The second kappa shape index (κ2) is 9.41. The molecule has 1 amide bonds. The van der Waals surface area contributed by atoms with Crippen molar-refractivity contribution in [3.63, 3.8) is 0 Å². The Hall–Kier alpha value is -2.69. The third kappa shape index (κ3) is 4.72. The molecule has 2 aromatic carbocycles. The first kappa shape index (κ1) is 22.0. The highest BCUT2D eigenvalue weighted by Gasteiger charge is 2.24. The summed E-state index contributed by atoms with van der Waals surface area (Å²) in [6.45, 7) is 4.32. The van der Waals surface area contributed by atoms with Gasteiger partial charge in [-0.2, -0.15) is 4.31 Å². The van der Waals surface area contributed by atoms with Crippen molar-refractivity contribution in [2.75, 3.05) is 13.1 Å². The highest BCUT2D eigenvalue weighted by molar-refractivity contribution is 8.00. The highest BCUT2D eigenvalue weighted by Crippen LogP contribution is 2.35. The van der Waals surface area contributed by atoms with E-state index in [-0.39, 0.29) is 16.0 Å². The van der Waals surface area contributed by atoms with E-state index in [2.05, 4.69) is 10.2 Å². The van der Waals surface area contributed by atoms with Gasteiger partial charge < -0.3 is 10.2 Å². The minimum absolute atomic E-state index is 0.149. The number of primary amides is 1. The number of hydrogen-bond donors (Lipinski definition) is 1. The van der Waals surface area contributed by atoms with Crippen molar-refractivity contribution in [1.82, 2.24) is 14.5 Å². The van der Waals surface area contributed by atoms with Crippen molar-refractivity contribution in [3.8, 4) is 11.5 Å². The number of hydrogen-bond acceptors (Lipinski definition) is 7. The van der Waals surface area contributed by atoms with E-state index in [0.29, 0.717) is 18.7 Å². The predicted molar refractivity (Wildman–Crippen MR) is 114 cm³/mol. The lowest BCUT2D eigenvalue weighted by molar-refractivity contribution is -0.117. The van der Waals surface area contributed by atoms with Gasteiger partial charge in [0.05, 0.1) is 4.90 Å². The summed E-state index contributed by atoms with van der Waals surface area (Å²) in [6, 6.07) is 15.4. The topological polar surface area (TPSA) is 119 Å². The van der Waals surface area contributed by atoms with Crippen molar-refractivity contribution in [2.45, 2.75) is 29.2 Å². The van der Waals surface area contributed by atoms with E-state index in [1.54, 1.807) is 38.1 Å². The van der Waals surface area contributed by atoms with Crippen molar-refractivity contribution in [2.24, 2.45) is 5.73 Å². The molecule has 0 bridgehead atoms. The number of sulfonamides is 1. The van der Waals surface area contributed by atoms with E-state index in [9.17, 15) is 13.2 Å². The maximum absolute atomic E-state index is 12.8. The Balaban J connectivity index is 1.87. The molecule has 0 aliphatic rings. The molecule has 0 spiro atoms. The van der Waals surface area contributed by atoms with Crippen LogP contribution in [0.25, 0.3) is 11.5 Å². The molecule has 158 valence electrons. The summed E-state index contributed by atoms with van der Waals surface area (Å²) in [5, 5.41) is 7.46. The molecule has 1 aromatic heterocycles. The molecule has 1 atom stereocenters. The Morgan fingerprint density at radius 1 is 1.10 bits per heavy atom. The van der Waals surface area contributed by atoms with E-state index < -0.39 is 21.2 Å². The lowest BCUT2D eigenvalue weighted by Crippen LogP contribution is -2.30. The molecule has 2 N–H and O–H groups in total. The molecule has 8 nitrogen and oxygen atoms in total. The summed E-state index contributed by atoms with van der Waals surface area (Å²) in [5.41, 5.74) is 6.73. The van der Waals surface area contributed by atoms with Crippen LogP contribution >= 0.6 is 11.8 Å². The molecular weight excluding hydrogens is 424 g/mol. The van der Waals surface area contributed by atoms with Gasteiger partial charge in [0.2, 0.25) is 21.8 Å². The average Bonchev–Trinajstić information content (AvgIpc) is 3.22. The van der Waals surface area contributed by atoms with Crippen molar-refractivity contribution in [1.29, 1.82) is 0 Å². The Morgan fingerprint density at radius 2 is 1.80 bits per heavy atom. The Labute approximate surface area is 179 Å². The Morgan fingerprint density at radius 3 is 2.43 bits per heavy atom. The van der Waals surface area contributed by atoms with Crippen molar-refractivity contribution >= 4 is 27.7 Å². The van der Waals surface area contributed by atoms with E-state index in [1.165, 1.54) is 16.4 Å². The van der Waals surface area contributed by atoms with Crippen molar-refractivity contribution < 1.29 is 17.6 Å². The SMILES string of the molecule is CCN(CC)S(=O)(=O)c1cccc(-c2nnc(SC(C(N)=O)c3ccccc3)o2)c1. The van der Waals surface area contributed by atoms with Crippen LogP contribution in [0.2, 0.25) is 0 Å². The zero-order chi connectivity index (χ0) is 21.7. The second-order valence-electron chi connectivity index (χ2n) is 6.30. The summed E-state index contributed by atoms with van der Waals surface area (Å²) < 4.78 is 32.6. The molecule has 0 aliphatic heterocycles. The van der Waals surface area contributed by atoms with Crippen LogP contribution in [-0.4, -0.2) is 41.9 Å². The smallest absolute Gasteiger partial charge is 0.277 e. The third-order valence-corrected chi connectivity index (χ3v) is 7.56. The van der Waals surface area contributed by atoms with Gasteiger partial charge in [-0.25, -0.2) is 8.42 Å². The number of benzene rings is 2. The third-order valence-electron chi connectivity index (χ3n) is 4.41. The molecule has 10 heteroatoms. The second-order valence-corrected chi connectivity index (χ2v) is 9.30. The molecule has 30 heavy (non-hydrogen) atoms. The number of thioether (sulfide) groups is 1. The van der Waals surface area contributed by atoms with Gasteiger partial charge >= 0.3 is 0 Å². The van der Waals surface area contributed by atoms with Gasteiger partial charge in [0, 0.05) is 18.7 Å². The first-order valence-corrected chi connectivity index (χ1v) is 11.6. The maximum Gasteiger partial charge on any atom is 0.277 e. The van der Waals surface area contributed by atoms with Gasteiger partial charge in [-0.3, -0.25) is 4.79 Å². The Kier molecular flexibility index (Phi) is 6.91. The number of carbonyl (C=O) groups is 1. The molecule has 0 fully saturated rings. The van der Waals surface area contributed by atoms with Gasteiger partial charge in [0.1, 0.15) is 5.25 Å². The molecule has 3 aromatic rings. The van der Waals surface area contributed by atoms with E-state index in [4.69, 9.17) is 10.2 Å². The van der Waals surface area contributed by atoms with Gasteiger partial charge in [-0.15, -0.1) is 10.2 Å². The van der Waals surface area contributed by atoms with Gasteiger partial charge in [-0.05, 0) is 35.5 Å². The van der Waals surface area contributed by atoms with E-state index >= 15 is 0 Å². The number of nitrogens with zero attached hydrogens (tertiary/aromatic N) is 3. The summed E-state index contributed by atoms with van der Waals surface area (Å²) in [4.78, 5) is 12.0. The molecule has 3 rings (SSSR count). The largest absolute Gasteiger partial charge is 0.411 e. The quantitative estimate of drug-likeness (QED) is 0.502. The lowest BCUT2D eigenvalue weighted by atomic mass is 10.1. The predicted octanol–water partition coefficient (Wildman–Crippen LogP) is 3.09. The summed E-state index contributed by atoms with van der Waals surface area (Å²) in [7, 11) is -3.61. The van der Waals surface area contributed by atoms with Crippen LogP contribution in [0.3, 0.4) is 0 Å². The van der Waals surface area contributed by atoms with Gasteiger partial charge in [0.15, 0.2) is 0 Å². The van der Waals surface area contributed by atoms with Gasteiger partial charge in [0.25, 0.3) is 5.22 Å². The fraction of sp³-hybridized carbons (Fsp3) is 0.250. The van der Waals surface area contributed by atoms with E-state index in [1.807, 2.05) is 18.2 Å². The molecular formula is C20H22N4O4S2. The molecule has 1 heterocycles. The van der Waals surface area contributed by atoms with Crippen LogP contribution < -0.4 is 5.73 Å². The molecule has 0 saturated heterocycles. The monoisotopic (exact) mass is 446 g/mol. The van der Waals surface area contributed by atoms with Crippen LogP contribution in [0.15, 0.2) is 69.1 Å². The summed E-state index contributed by atoms with van der Waals surface area (Å²) in [5.74, 6) is -0.372.